The van der Waals surface area contributed by atoms with Gasteiger partial charge >= 0.3 is 12.4 Å². The van der Waals surface area contributed by atoms with Crippen LogP contribution >= 0.6 is 0 Å². The number of rotatable bonds is 7. The summed E-state index contributed by atoms with van der Waals surface area (Å²) in [6.45, 7) is 3.86. The van der Waals surface area contributed by atoms with E-state index in [4.69, 9.17) is 0 Å². The van der Waals surface area contributed by atoms with Crippen LogP contribution in [-0.2, 0) is 27.2 Å². The van der Waals surface area contributed by atoms with Gasteiger partial charge in [0, 0.05) is 31.4 Å². The fraction of sp³-hybridized carbons (Fsp3) is 0.478. The molecule has 1 amide bonds. The average Bonchev–Trinajstić information content (AvgIpc) is 2.79. The van der Waals surface area contributed by atoms with E-state index in [1.807, 2.05) is 0 Å². The van der Waals surface area contributed by atoms with E-state index >= 15 is 0 Å². The van der Waals surface area contributed by atoms with E-state index in [1.54, 1.807) is 18.7 Å². The summed E-state index contributed by atoms with van der Waals surface area (Å²) in [6.07, 6.45) is -7.94. The van der Waals surface area contributed by atoms with Crippen LogP contribution in [0.15, 0.2) is 47.5 Å². The molecule has 7 nitrogen and oxygen atoms in total. The Morgan fingerprint density at radius 1 is 1.05 bits per heavy atom. The molecule has 14 heteroatoms. The van der Waals surface area contributed by atoms with Gasteiger partial charge in [0.1, 0.15) is 5.82 Å². The first-order chi connectivity index (χ1) is 17.1. The van der Waals surface area contributed by atoms with Crippen LogP contribution in [0.4, 0.5) is 32.2 Å². The summed E-state index contributed by atoms with van der Waals surface area (Å²) in [7, 11) is -4.23. The van der Waals surface area contributed by atoms with Crippen molar-refractivity contribution in [3.05, 3.63) is 53.7 Å². The Bertz CT molecular complexity index is 1190. The van der Waals surface area contributed by atoms with Gasteiger partial charge < -0.3 is 5.32 Å². The minimum atomic E-state index is -4.68. The van der Waals surface area contributed by atoms with Gasteiger partial charge in [-0.05, 0) is 57.0 Å². The highest BCUT2D eigenvalue weighted by Crippen LogP contribution is 2.33. The van der Waals surface area contributed by atoms with Gasteiger partial charge in [0.15, 0.2) is 0 Å². The number of carbonyl (C=O) groups excluding carboxylic acids is 1. The molecule has 204 valence electrons. The van der Waals surface area contributed by atoms with Gasteiger partial charge in [-0.1, -0.05) is 6.07 Å². The summed E-state index contributed by atoms with van der Waals surface area (Å²) in [6, 6.07) is 4.46. The Kier molecular flexibility index (Phi) is 8.54. The molecular weight excluding hydrogens is 526 g/mol. The number of nitrogens with zero attached hydrogens (tertiary/aromatic N) is 3. The second-order valence-corrected chi connectivity index (χ2v) is 10.8. The maximum atomic E-state index is 13.3. The standard InChI is InChI=1S/C23H26F6N4O3S/c1-15(2)33(37(35,36)19-5-3-4-16(12-19)22(24,25)26)18-8-10-32(11-9-18)14-21(34)31-20-7-6-17(13-30-20)23(27,28)29/h3-7,12-13,15,18H,8-11,14H2,1-2H3,(H,30,31,34). The molecule has 1 aromatic carbocycles. The number of sulfonamides is 1. The Balaban J connectivity index is 1.63. The number of benzene rings is 1. The van der Waals surface area contributed by atoms with E-state index in [9.17, 15) is 39.6 Å². The number of hydrogen-bond donors (Lipinski definition) is 1. The largest absolute Gasteiger partial charge is 0.417 e. The molecular formula is C23H26F6N4O3S. The third-order valence-electron chi connectivity index (χ3n) is 5.89. The van der Waals surface area contributed by atoms with Gasteiger partial charge in [-0.3, -0.25) is 9.69 Å². The summed E-state index contributed by atoms with van der Waals surface area (Å²) >= 11 is 0. The van der Waals surface area contributed by atoms with Crippen LogP contribution < -0.4 is 5.32 Å². The van der Waals surface area contributed by atoms with Gasteiger partial charge in [-0.25, -0.2) is 13.4 Å². The molecule has 1 N–H and O–H groups in total. The summed E-state index contributed by atoms with van der Waals surface area (Å²) in [4.78, 5) is 17.2. The average molecular weight is 553 g/mol. The molecule has 2 heterocycles. The van der Waals surface area contributed by atoms with Crippen molar-refractivity contribution in [1.29, 1.82) is 0 Å². The van der Waals surface area contributed by atoms with Crippen LogP contribution in [0.3, 0.4) is 0 Å². The van der Waals surface area contributed by atoms with Crippen LogP contribution in [0.5, 0.6) is 0 Å². The molecule has 0 saturated carbocycles. The maximum Gasteiger partial charge on any atom is 0.417 e. The van der Waals surface area contributed by atoms with Crippen molar-refractivity contribution in [3.63, 3.8) is 0 Å². The third-order valence-corrected chi connectivity index (χ3v) is 8.01. The molecule has 0 bridgehead atoms. The fourth-order valence-electron chi connectivity index (χ4n) is 4.20. The molecule has 1 fully saturated rings. The number of anilines is 1. The van der Waals surface area contributed by atoms with Crippen LogP contribution in [-0.4, -0.2) is 60.2 Å². The van der Waals surface area contributed by atoms with Crippen molar-refractivity contribution in [2.45, 2.75) is 56.0 Å². The van der Waals surface area contributed by atoms with E-state index in [2.05, 4.69) is 10.3 Å². The van der Waals surface area contributed by atoms with Gasteiger partial charge in [0.2, 0.25) is 15.9 Å². The number of aromatic nitrogens is 1. The van der Waals surface area contributed by atoms with Gasteiger partial charge in [-0.2, -0.15) is 30.6 Å². The van der Waals surface area contributed by atoms with E-state index in [0.717, 1.165) is 30.3 Å². The number of likely N-dealkylation sites (tertiary alicyclic amines) is 1. The molecule has 0 atom stereocenters. The highest BCUT2D eigenvalue weighted by atomic mass is 32.2. The number of carbonyl (C=O) groups is 1. The van der Waals surface area contributed by atoms with Crippen molar-refractivity contribution >= 4 is 21.7 Å². The van der Waals surface area contributed by atoms with Crippen molar-refractivity contribution in [1.82, 2.24) is 14.2 Å². The molecule has 0 radical (unpaired) electrons. The topological polar surface area (TPSA) is 82.6 Å². The number of amides is 1. The van der Waals surface area contributed by atoms with Crippen molar-refractivity contribution in [2.75, 3.05) is 25.0 Å². The molecule has 1 aromatic heterocycles. The minimum Gasteiger partial charge on any atom is -0.310 e. The lowest BCUT2D eigenvalue weighted by Gasteiger charge is -2.39. The van der Waals surface area contributed by atoms with Gasteiger partial charge in [-0.15, -0.1) is 0 Å². The van der Waals surface area contributed by atoms with E-state index in [-0.39, 0.29) is 12.4 Å². The molecule has 0 aliphatic carbocycles. The van der Waals surface area contributed by atoms with Gasteiger partial charge in [0.05, 0.1) is 22.6 Å². The Labute approximate surface area is 210 Å². The number of alkyl halides is 6. The van der Waals surface area contributed by atoms with E-state index in [1.165, 1.54) is 4.31 Å². The summed E-state index contributed by atoms with van der Waals surface area (Å²) in [5.41, 5.74) is -2.00. The Hall–Kier alpha value is -2.71. The van der Waals surface area contributed by atoms with Crippen molar-refractivity contribution in [2.24, 2.45) is 0 Å². The van der Waals surface area contributed by atoms with Crippen molar-refractivity contribution < 1.29 is 39.6 Å². The SMILES string of the molecule is CC(C)N(C1CCN(CC(=O)Nc2ccc(C(F)(F)F)cn2)CC1)S(=O)(=O)c1cccc(C(F)(F)F)c1. The third kappa shape index (κ3) is 7.20. The van der Waals surface area contributed by atoms with Crippen LogP contribution in [0.1, 0.15) is 37.8 Å². The quantitative estimate of drug-likeness (QED) is 0.507. The lowest BCUT2D eigenvalue weighted by molar-refractivity contribution is -0.138. The Morgan fingerprint density at radius 3 is 2.19 bits per heavy atom. The molecule has 1 aliphatic heterocycles. The normalized spacial score (nSPS) is 16.4. The fourth-order valence-corrected chi connectivity index (χ4v) is 6.13. The summed E-state index contributed by atoms with van der Waals surface area (Å²) in [5.74, 6) is -0.533. The number of nitrogens with one attached hydrogen (secondary N) is 1. The minimum absolute atomic E-state index is 0.0361. The van der Waals surface area contributed by atoms with Crippen molar-refractivity contribution in [3.8, 4) is 0 Å². The van der Waals surface area contributed by atoms with Gasteiger partial charge in [0.25, 0.3) is 0 Å². The smallest absolute Gasteiger partial charge is 0.310 e. The highest BCUT2D eigenvalue weighted by molar-refractivity contribution is 7.89. The first-order valence-electron chi connectivity index (χ1n) is 11.4. The zero-order valence-electron chi connectivity index (χ0n) is 20.0. The van der Waals surface area contributed by atoms with E-state index < -0.39 is 56.4 Å². The number of pyridine rings is 1. The van der Waals surface area contributed by atoms with Crippen LogP contribution in [0.2, 0.25) is 0 Å². The molecule has 1 aliphatic rings. The second-order valence-electron chi connectivity index (χ2n) is 8.94. The zero-order valence-corrected chi connectivity index (χ0v) is 20.8. The number of piperidine rings is 1. The highest BCUT2D eigenvalue weighted by Gasteiger charge is 2.38. The summed E-state index contributed by atoms with van der Waals surface area (Å²) in [5, 5.41) is 2.43. The van der Waals surface area contributed by atoms with E-state index in [0.29, 0.717) is 38.2 Å². The summed E-state index contributed by atoms with van der Waals surface area (Å²) < 4.78 is 105. The monoisotopic (exact) mass is 552 g/mol. The lowest BCUT2D eigenvalue weighted by atomic mass is 10.0. The number of halogens is 6. The molecule has 37 heavy (non-hydrogen) atoms. The van der Waals surface area contributed by atoms with Crippen LogP contribution in [0, 0.1) is 0 Å². The predicted octanol–water partition coefficient (Wildman–Crippen LogP) is 4.62. The molecule has 1 saturated heterocycles. The predicted molar refractivity (Wildman–Crippen MR) is 123 cm³/mol. The van der Waals surface area contributed by atoms with Crippen LogP contribution in [0.25, 0.3) is 0 Å². The first kappa shape index (κ1) is 28.9. The molecule has 0 spiro atoms. The Morgan fingerprint density at radius 2 is 1.68 bits per heavy atom. The maximum absolute atomic E-state index is 13.3. The first-order valence-corrected chi connectivity index (χ1v) is 12.8. The number of hydrogen-bond acceptors (Lipinski definition) is 5. The second kappa shape index (κ2) is 11.0. The molecule has 2 aromatic rings. The molecule has 3 rings (SSSR count). The lowest BCUT2D eigenvalue weighted by Crippen LogP contribution is -2.51. The zero-order chi connectivity index (χ0) is 27.6. The molecule has 0 unspecified atom stereocenters.